The van der Waals surface area contributed by atoms with Gasteiger partial charge in [0.25, 0.3) is 0 Å². The first kappa shape index (κ1) is 60.0. The van der Waals surface area contributed by atoms with Crippen molar-refractivity contribution in [1.29, 1.82) is 0 Å². The molecule has 21 nitrogen and oxygen atoms in total. The van der Waals surface area contributed by atoms with Crippen molar-refractivity contribution in [1.82, 2.24) is 0 Å². The Morgan fingerprint density at radius 1 is 0.587 bits per heavy atom. The normalized spacial score (nSPS) is 51.7. The van der Waals surface area contributed by atoms with Crippen molar-refractivity contribution >= 4 is 0 Å². The molecule has 13 N–H and O–H groups in total. The molecule has 8 aliphatic rings. The molecule has 0 amide bonds. The van der Waals surface area contributed by atoms with E-state index in [9.17, 15) is 66.4 Å². The monoisotopic (exact) mass is 1080 g/mol. The van der Waals surface area contributed by atoms with Crippen LogP contribution in [-0.2, 0) is 37.9 Å². The third kappa shape index (κ3) is 11.0. The summed E-state index contributed by atoms with van der Waals surface area (Å²) >= 11 is 0. The molecule has 4 aliphatic carbocycles. The maximum absolute atomic E-state index is 12.7. The van der Waals surface area contributed by atoms with Crippen LogP contribution >= 0.6 is 0 Å². The molecule has 75 heavy (non-hydrogen) atoms. The summed E-state index contributed by atoms with van der Waals surface area (Å²) in [6, 6.07) is 0. The zero-order valence-corrected chi connectivity index (χ0v) is 45.1. The standard InChI is InChI=1S/C54H92O21/c1-25(2)10-9-14-54(8,72-24-33-42(63)43(64)41(62)32(73-33)23-71-48-46(67)47(29(58)21-70-48)69-22-31-40(61)38(59)28(57)20-68-31)26-11-16-53(7)37(26)27(56)18-35-51(5)15-13-36(50(3,4)34(51)12-17-52(35,53)6)75-49-45(66)44(65)39(60)30(19-55)74-49/h10,26-49,55-67H,9,11-24H2,1-8H3/t26-,27+,28+,29+,30+,31-,32+,33-,34+,35+,36-,37-,38-,39+,40-,41+,42-,43-,44-,45+,46+,47-,48-,49-,51-,52+,53+,54-/m0/s1. The second-order valence-corrected chi connectivity index (χ2v) is 25.6. The summed E-state index contributed by atoms with van der Waals surface area (Å²) in [5.41, 5.74) is -0.764. The predicted octanol–water partition coefficient (Wildman–Crippen LogP) is -0.839. The van der Waals surface area contributed by atoms with Gasteiger partial charge < -0.3 is 104 Å². The van der Waals surface area contributed by atoms with Crippen molar-refractivity contribution in [3.8, 4) is 0 Å². The van der Waals surface area contributed by atoms with Gasteiger partial charge in [-0.1, -0.05) is 46.3 Å². The molecule has 8 fully saturated rings. The Labute approximate surface area is 441 Å². The Kier molecular flexibility index (Phi) is 18.4. The lowest BCUT2D eigenvalue weighted by Crippen LogP contribution is -2.67. The van der Waals surface area contributed by atoms with E-state index >= 15 is 0 Å². The Balaban J connectivity index is 0.942. The highest BCUT2D eigenvalue weighted by molar-refractivity contribution is 5.20. The number of ether oxygens (including phenoxy) is 8. The van der Waals surface area contributed by atoms with Crippen molar-refractivity contribution in [2.75, 3.05) is 39.6 Å². The zero-order chi connectivity index (χ0) is 54.9. The van der Waals surface area contributed by atoms with Crippen LogP contribution in [0.25, 0.3) is 0 Å². The molecule has 0 aromatic carbocycles. The molecule has 0 bridgehead atoms. The molecule has 4 heterocycles. The summed E-state index contributed by atoms with van der Waals surface area (Å²) in [7, 11) is 0. The molecule has 4 saturated carbocycles. The average Bonchev–Trinajstić information content (AvgIpc) is 3.75. The van der Waals surface area contributed by atoms with Gasteiger partial charge in [-0.05, 0) is 124 Å². The van der Waals surface area contributed by atoms with Gasteiger partial charge in [-0.15, -0.1) is 0 Å². The highest BCUT2D eigenvalue weighted by Crippen LogP contribution is 2.76. The van der Waals surface area contributed by atoms with E-state index in [-0.39, 0.29) is 72.4 Å². The average molecular weight is 1080 g/mol. The molecule has 4 saturated heterocycles. The van der Waals surface area contributed by atoms with E-state index in [1.54, 1.807) is 0 Å². The van der Waals surface area contributed by atoms with Gasteiger partial charge in [0.05, 0.1) is 57.5 Å². The third-order valence-corrected chi connectivity index (χ3v) is 20.7. The number of fused-ring (bicyclic) bond motifs is 5. The summed E-state index contributed by atoms with van der Waals surface area (Å²) in [4.78, 5) is 0. The van der Waals surface area contributed by atoms with E-state index in [1.807, 2.05) is 13.8 Å². The first-order chi connectivity index (χ1) is 35.1. The molecule has 28 atom stereocenters. The van der Waals surface area contributed by atoms with Crippen molar-refractivity contribution in [3.63, 3.8) is 0 Å². The molecule has 0 unspecified atom stereocenters. The SMILES string of the molecule is CC(C)=CCC[C@](C)(OC[C@@H]1O[C@H](CO[C@@H]2OC[C@@H](O)[C@H](OC[C@@H]3OC[C@@H](O)[C@H](O)[C@H]3O)[C@H]2O)[C@@H](O)[C@H](O)[C@H]1O)[C@H]1CC[C@]2(C)[C@@H]1[C@H](O)C[C@@H]1[C@@]3(C)CC[C@H](O[C@@H]4O[C@H](CO)[C@@H](O)[C@H](O)[C@H]4O)C(C)(C)[C@H]3CC[C@]12C. The summed E-state index contributed by atoms with van der Waals surface area (Å²) in [6.07, 6.45) is -17.0. The maximum Gasteiger partial charge on any atom is 0.186 e. The summed E-state index contributed by atoms with van der Waals surface area (Å²) in [5, 5.41) is 140. The second kappa shape index (κ2) is 23.0. The largest absolute Gasteiger partial charge is 0.394 e. The maximum atomic E-state index is 12.7. The molecule has 0 spiro atoms. The van der Waals surface area contributed by atoms with E-state index < -0.39 is 141 Å². The summed E-state index contributed by atoms with van der Waals surface area (Å²) in [5.74, 6) is 0.0740. The van der Waals surface area contributed by atoms with Crippen LogP contribution < -0.4 is 0 Å². The van der Waals surface area contributed by atoms with Crippen molar-refractivity contribution < 1.29 is 104 Å². The van der Waals surface area contributed by atoms with E-state index in [2.05, 4.69) is 47.6 Å². The Hall–Kier alpha value is -1.10. The molecule has 21 heteroatoms. The zero-order valence-electron chi connectivity index (χ0n) is 45.1. The molecule has 434 valence electrons. The van der Waals surface area contributed by atoms with Crippen LogP contribution in [0.5, 0.6) is 0 Å². The lowest BCUT2D eigenvalue weighted by molar-refractivity contribution is -0.332. The molecule has 0 aromatic heterocycles. The van der Waals surface area contributed by atoms with Crippen molar-refractivity contribution in [3.05, 3.63) is 11.6 Å². The number of rotatable bonds is 16. The molecule has 4 aliphatic heterocycles. The van der Waals surface area contributed by atoms with Crippen LogP contribution in [0.1, 0.15) is 113 Å². The van der Waals surface area contributed by atoms with Gasteiger partial charge in [0.2, 0.25) is 0 Å². The molecule has 8 rings (SSSR count). The molecule has 0 aromatic rings. The minimum Gasteiger partial charge on any atom is -0.394 e. The van der Waals surface area contributed by atoms with Gasteiger partial charge in [0.15, 0.2) is 12.6 Å². The summed E-state index contributed by atoms with van der Waals surface area (Å²) in [6.45, 7) is 15.6. The quantitative estimate of drug-likeness (QED) is 0.0662. The van der Waals surface area contributed by atoms with E-state index in [0.29, 0.717) is 25.7 Å². The molecule has 0 radical (unpaired) electrons. The topological polar surface area (TPSA) is 337 Å². The Bertz CT molecular complexity index is 1920. The number of hydrogen-bond donors (Lipinski definition) is 13. The van der Waals surface area contributed by atoms with E-state index in [4.69, 9.17) is 37.9 Å². The van der Waals surface area contributed by atoms with E-state index in [0.717, 1.165) is 37.7 Å². The lowest BCUT2D eigenvalue weighted by Gasteiger charge is -2.71. The van der Waals surface area contributed by atoms with Crippen LogP contribution in [0.4, 0.5) is 0 Å². The van der Waals surface area contributed by atoms with Gasteiger partial charge in [-0.3, -0.25) is 0 Å². The van der Waals surface area contributed by atoms with Crippen LogP contribution in [0.3, 0.4) is 0 Å². The van der Waals surface area contributed by atoms with Crippen LogP contribution in [0.2, 0.25) is 0 Å². The lowest BCUT2D eigenvalue weighted by atomic mass is 9.35. The van der Waals surface area contributed by atoms with Gasteiger partial charge in [0, 0.05) is 0 Å². The van der Waals surface area contributed by atoms with Crippen molar-refractivity contribution in [2.45, 2.75) is 241 Å². The highest BCUT2D eigenvalue weighted by atomic mass is 16.7. The predicted molar refractivity (Wildman–Crippen MR) is 264 cm³/mol. The molecular formula is C54H92O21. The van der Waals surface area contributed by atoms with Crippen LogP contribution in [0, 0.1) is 45.3 Å². The fraction of sp³-hybridized carbons (Fsp3) is 0.963. The smallest absolute Gasteiger partial charge is 0.186 e. The number of hydrogen-bond acceptors (Lipinski definition) is 21. The highest BCUT2D eigenvalue weighted by Gasteiger charge is 2.72. The van der Waals surface area contributed by atoms with Crippen molar-refractivity contribution in [2.24, 2.45) is 45.3 Å². The molecular weight excluding hydrogens is 985 g/mol. The van der Waals surface area contributed by atoms with Crippen LogP contribution in [0.15, 0.2) is 11.6 Å². The number of allylic oxidation sites excluding steroid dienone is 2. The Morgan fingerprint density at radius 3 is 1.88 bits per heavy atom. The van der Waals surface area contributed by atoms with Crippen LogP contribution in [-0.4, -0.2) is 234 Å². The van der Waals surface area contributed by atoms with Gasteiger partial charge in [0.1, 0.15) is 97.7 Å². The first-order valence-corrected chi connectivity index (χ1v) is 27.6. The third-order valence-electron chi connectivity index (χ3n) is 20.7. The minimum absolute atomic E-state index is 0.110. The minimum atomic E-state index is -1.66. The number of aliphatic hydroxyl groups is 13. The fourth-order valence-corrected chi connectivity index (χ4v) is 16.1. The second-order valence-electron chi connectivity index (χ2n) is 25.6. The van der Waals surface area contributed by atoms with Gasteiger partial charge >= 0.3 is 0 Å². The summed E-state index contributed by atoms with van der Waals surface area (Å²) < 4.78 is 48.2. The van der Waals surface area contributed by atoms with Gasteiger partial charge in [-0.25, -0.2) is 0 Å². The number of aliphatic hydroxyl groups excluding tert-OH is 13. The Morgan fingerprint density at radius 2 is 1.20 bits per heavy atom. The van der Waals surface area contributed by atoms with E-state index in [1.165, 1.54) is 0 Å². The van der Waals surface area contributed by atoms with Gasteiger partial charge in [-0.2, -0.15) is 0 Å². The first-order valence-electron chi connectivity index (χ1n) is 27.6. The fourth-order valence-electron chi connectivity index (χ4n) is 16.1.